The molecule has 306 valence electrons. The molecule has 0 aliphatic heterocycles. The molecule has 0 aliphatic carbocycles. The summed E-state index contributed by atoms with van der Waals surface area (Å²) in [6, 6.07) is 82.3. The van der Waals surface area contributed by atoms with Gasteiger partial charge in [0.05, 0.1) is 32.6 Å². The number of aromatic nitrogens is 2. The van der Waals surface area contributed by atoms with Crippen molar-refractivity contribution in [1.29, 1.82) is 0 Å². The summed E-state index contributed by atoms with van der Waals surface area (Å²) in [5, 5.41) is 17.2. The zero-order chi connectivity index (χ0) is 43.4. The molecular formula is C60H39N3O2. The lowest BCUT2D eigenvalue weighted by Gasteiger charge is -2.14. The van der Waals surface area contributed by atoms with E-state index in [1.165, 1.54) is 32.6 Å². The van der Waals surface area contributed by atoms with Crippen LogP contribution in [0.25, 0.3) is 111 Å². The van der Waals surface area contributed by atoms with E-state index in [0.29, 0.717) is 5.56 Å². The van der Waals surface area contributed by atoms with Gasteiger partial charge in [-0.3, -0.25) is 10.1 Å². The van der Waals surface area contributed by atoms with Crippen molar-refractivity contribution in [3.63, 3.8) is 0 Å². The predicted molar refractivity (Wildman–Crippen MR) is 269 cm³/mol. The minimum atomic E-state index is -0.293. The average Bonchev–Trinajstić information content (AvgIpc) is 3.89. The summed E-state index contributed by atoms with van der Waals surface area (Å²) in [6.07, 6.45) is 0. The summed E-state index contributed by atoms with van der Waals surface area (Å²) in [5.41, 5.74) is 16.7. The van der Waals surface area contributed by atoms with Crippen LogP contribution in [0.4, 0.5) is 5.69 Å². The Morgan fingerprint density at radius 3 is 1.15 bits per heavy atom. The van der Waals surface area contributed by atoms with Gasteiger partial charge >= 0.3 is 0 Å². The Labute approximate surface area is 375 Å². The van der Waals surface area contributed by atoms with Crippen molar-refractivity contribution in [2.45, 2.75) is 0 Å². The van der Waals surface area contributed by atoms with Gasteiger partial charge in [0.25, 0.3) is 5.69 Å². The van der Waals surface area contributed by atoms with Gasteiger partial charge in [-0.2, -0.15) is 0 Å². The fraction of sp³-hybridized carbons (Fsp3) is 0. The van der Waals surface area contributed by atoms with Gasteiger partial charge < -0.3 is 9.13 Å². The number of hydrogen-bond acceptors (Lipinski definition) is 2. The highest BCUT2D eigenvalue weighted by Gasteiger charge is 2.19. The molecule has 2 heterocycles. The van der Waals surface area contributed by atoms with Crippen LogP contribution in [0, 0.1) is 10.1 Å². The van der Waals surface area contributed by atoms with Crippen molar-refractivity contribution in [1.82, 2.24) is 9.13 Å². The number of hydrogen-bond donors (Lipinski definition) is 0. The highest BCUT2D eigenvalue weighted by Crippen LogP contribution is 2.41. The first-order valence-electron chi connectivity index (χ1n) is 21.8. The normalized spacial score (nSPS) is 11.5. The maximum atomic E-state index is 12.4. The molecule has 0 spiro atoms. The summed E-state index contributed by atoms with van der Waals surface area (Å²) in [4.78, 5) is 12.1. The molecule has 0 aliphatic rings. The standard InChI is InChI=1S/C60H39N3O2/c64-63(65)60-28-12-7-23-51(60)48-36-46(42-17-13-15-40(33-42)44-29-31-58-54(38-44)52-24-8-10-26-56(52)61(58)49-19-3-1-4-20-49)35-47(37-48)43-18-14-16-41(34-43)45-30-32-59-55(39-45)53-25-9-11-27-57(53)62(59)50-21-5-2-6-22-50/h1-39H. The van der Waals surface area contributed by atoms with Crippen LogP contribution >= 0.6 is 0 Å². The minimum Gasteiger partial charge on any atom is -0.309 e. The Hall–Kier alpha value is -8.80. The fourth-order valence-corrected chi connectivity index (χ4v) is 9.77. The average molecular weight is 834 g/mol. The van der Waals surface area contributed by atoms with Crippen molar-refractivity contribution in [2.24, 2.45) is 0 Å². The third-order valence-corrected chi connectivity index (χ3v) is 12.8. The molecule has 0 saturated heterocycles. The van der Waals surface area contributed by atoms with Gasteiger partial charge in [-0.1, -0.05) is 133 Å². The molecule has 5 heteroatoms. The van der Waals surface area contributed by atoms with Crippen LogP contribution < -0.4 is 0 Å². The van der Waals surface area contributed by atoms with Crippen LogP contribution in [-0.2, 0) is 0 Å². The Morgan fingerprint density at radius 1 is 0.292 bits per heavy atom. The second-order valence-electron chi connectivity index (χ2n) is 16.6. The molecule has 65 heavy (non-hydrogen) atoms. The number of nitro benzene ring substituents is 1. The molecule has 10 aromatic carbocycles. The Kier molecular flexibility index (Phi) is 9.06. The molecule has 0 fully saturated rings. The summed E-state index contributed by atoms with van der Waals surface area (Å²) in [5.74, 6) is 0. The highest BCUT2D eigenvalue weighted by atomic mass is 16.6. The van der Waals surface area contributed by atoms with Crippen molar-refractivity contribution >= 4 is 49.3 Å². The number of benzene rings is 10. The maximum absolute atomic E-state index is 12.4. The maximum Gasteiger partial charge on any atom is 0.277 e. The molecule has 0 saturated carbocycles. The smallest absolute Gasteiger partial charge is 0.277 e. The van der Waals surface area contributed by atoms with Gasteiger partial charge in [-0.25, -0.2) is 0 Å². The number of rotatable bonds is 8. The molecule has 0 radical (unpaired) electrons. The van der Waals surface area contributed by atoms with Crippen molar-refractivity contribution in [3.05, 3.63) is 247 Å². The third kappa shape index (κ3) is 6.57. The number of fused-ring (bicyclic) bond motifs is 6. The monoisotopic (exact) mass is 833 g/mol. The van der Waals surface area contributed by atoms with E-state index in [-0.39, 0.29) is 10.6 Å². The van der Waals surface area contributed by atoms with Crippen LogP contribution in [-0.4, -0.2) is 14.1 Å². The van der Waals surface area contributed by atoms with E-state index >= 15 is 0 Å². The van der Waals surface area contributed by atoms with Gasteiger partial charge in [0.15, 0.2) is 0 Å². The van der Waals surface area contributed by atoms with Crippen LogP contribution in [0.15, 0.2) is 237 Å². The van der Waals surface area contributed by atoms with Crippen LogP contribution in [0.1, 0.15) is 0 Å². The van der Waals surface area contributed by atoms with E-state index in [1.807, 2.05) is 24.3 Å². The van der Waals surface area contributed by atoms with E-state index in [2.05, 4.69) is 209 Å². The highest BCUT2D eigenvalue weighted by molar-refractivity contribution is 6.11. The molecule has 0 N–H and O–H groups in total. The van der Waals surface area contributed by atoms with Crippen molar-refractivity contribution < 1.29 is 4.92 Å². The Bertz CT molecular complexity index is 3590. The first-order valence-corrected chi connectivity index (χ1v) is 21.8. The lowest BCUT2D eigenvalue weighted by atomic mass is 9.90. The predicted octanol–water partition coefficient (Wildman–Crippen LogP) is 16.1. The third-order valence-electron chi connectivity index (χ3n) is 12.8. The SMILES string of the molecule is O=[N+]([O-])c1ccccc1-c1cc(-c2cccc(-c3ccc4c(c3)c3ccccc3n4-c3ccccc3)c2)cc(-c2cccc(-c3ccc4c(c3)c3ccccc3n4-c3ccccc3)c2)c1. The molecule has 12 rings (SSSR count). The van der Waals surface area contributed by atoms with E-state index in [9.17, 15) is 10.1 Å². The Morgan fingerprint density at radius 2 is 0.662 bits per heavy atom. The van der Waals surface area contributed by atoms with E-state index < -0.39 is 0 Å². The first kappa shape index (κ1) is 37.9. The molecule has 12 aromatic rings. The van der Waals surface area contributed by atoms with Gasteiger partial charge in [-0.05, 0) is 147 Å². The van der Waals surface area contributed by atoms with Gasteiger partial charge in [0.2, 0.25) is 0 Å². The van der Waals surface area contributed by atoms with Crippen LogP contribution in [0.5, 0.6) is 0 Å². The number of nitrogens with zero attached hydrogens (tertiary/aromatic N) is 3. The molecule has 0 amide bonds. The van der Waals surface area contributed by atoms with E-state index in [4.69, 9.17) is 0 Å². The van der Waals surface area contributed by atoms with Crippen molar-refractivity contribution in [3.8, 4) is 67.0 Å². The van der Waals surface area contributed by atoms with Gasteiger partial charge in [0.1, 0.15) is 0 Å². The lowest BCUT2D eigenvalue weighted by molar-refractivity contribution is -0.384. The summed E-state index contributed by atoms with van der Waals surface area (Å²) >= 11 is 0. The minimum absolute atomic E-state index is 0.0732. The summed E-state index contributed by atoms with van der Waals surface area (Å²) < 4.78 is 4.66. The fourth-order valence-electron chi connectivity index (χ4n) is 9.77. The summed E-state index contributed by atoms with van der Waals surface area (Å²) in [7, 11) is 0. The molecular weight excluding hydrogens is 795 g/mol. The number of para-hydroxylation sites is 5. The molecule has 0 bridgehead atoms. The van der Waals surface area contributed by atoms with E-state index in [1.54, 1.807) is 12.1 Å². The zero-order valence-corrected chi connectivity index (χ0v) is 35.2. The van der Waals surface area contributed by atoms with Gasteiger partial charge in [0, 0.05) is 39.0 Å². The second kappa shape index (κ2) is 15.5. The number of nitro groups is 1. The van der Waals surface area contributed by atoms with Gasteiger partial charge in [-0.15, -0.1) is 0 Å². The first-order chi connectivity index (χ1) is 32.1. The molecule has 0 atom stereocenters. The quantitative estimate of drug-likeness (QED) is 0.113. The lowest BCUT2D eigenvalue weighted by Crippen LogP contribution is -1.93. The zero-order valence-electron chi connectivity index (χ0n) is 35.2. The largest absolute Gasteiger partial charge is 0.309 e. The molecule has 5 nitrogen and oxygen atoms in total. The summed E-state index contributed by atoms with van der Waals surface area (Å²) in [6.45, 7) is 0. The van der Waals surface area contributed by atoms with E-state index in [0.717, 1.165) is 72.5 Å². The topological polar surface area (TPSA) is 53.0 Å². The van der Waals surface area contributed by atoms with Crippen molar-refractivity contribution in [2.75, 3.05) is 0 Å². The van der Waals surface area contributed by atoms with Crippen LogP contribution in [0.3, 0.4) is 0 Å². The second-order valence-corrected chi connectivity index (χ2v) is 16.6. The molecule has 2 aromatic heterocycles. The van der Waals surface area contributed by atoms with Crippen LogP contribution in [0.2, 0.25) is 0 Å². The Balaban J connectivity index is 0.980. The molecule has 0 unspecified atom stereocenters.